The Morgan fingerprint density at radius 2 is 2.04 bits per heavy atom. The lowest BCUT2D eigenvalue weighted by Crippen LogP contribution is -2.40. The highest BCUT2D eigenvalue weighted by Crippen LogP contribution is 2.24. The van der Waals surface area contributed by atoms with Crippen LogP contribution in [0.15, 0.2) is 18.3 Å². The molecule has 1 aliphatic carbocycles. The second-order valence-electron chi connectivity index (χ2n) is 6.19. The maximum Gasteiger partial charge on any atom is 0.255 e. The zero-order valence-electron chi connectivity index (χ0n) is 13.8. The fourth-order valence-corrected chi connectivity index (χ4v) is 3.18. The lowest BCUT2D eigenvalue weighted by molar-refractivity contribution is 0.0889. The largest absolute Gasteiger partial charge is 0.474 e. The number of pyridine rings is 1. The zero-order valence-corrected chi connectivity index (χ0v) is 14.6. The Morgan fingerprint density at radius 3 is 2.62 bits per heavy atom. The van der Waals surface area contributed by atoms with Crippen LogP contribution in [0.5, 0.6) is 5.88 Å². The van der Waals surface area contributed by atoms with Crippen molar-refractivity contribution in [3.8, 4) is 5.88 Å². The van der Waals surface area contributed by atoms with Crippen LogP contribution in [0.2, 0.25) is 5.02 Å². The molecule has 2 N–H and O–H groups in total. The van der Waals surface area contributed by atoms with Crippen LogP contribution >= 0.6 is 11.6 Å². The summed E-state index contributed by atoms with van der Waals surface area (Å²) in [5.74, 6) is 0.541. The quantitative estimate of drug-likeness (QED) is 0.889. The van der Waals surface area contributed by atoms with E-state index in [2.05, 4.69) is 20.5 Å². The van der Waals surface area contributed by atoms with Gasteiger partial charge in [0.15, 0.2) is 0 Å². The number of aromatic amines is 1. The number of nitrogens with zero attached hydrogens (tertiary/aromatic N) is 2. The molecular weight excluding hydrogens is 328 g/mol. The molecule has 24 heavy (non-hydrogen) atoms. The summed E-state index contributed by atoms with van der Waals surface area (Å²) in [5.41, 5.74) is 2.19. The van der Waals surface area contributed by atoms with E-state index in [4.69, 9.17) is 16.3 Å². The van der Waals surface area contributed by atoms with Gasteiger partial charge in [-0.25, -0.2) is 4.98 Å². The first-order valence-corrected chi connectivity index (χ1v) is 8.51. The number of hydrogen-bond donors (Lipinski definition) is 2. The van der Waals surface area contributed by atoms with Crippen LogP contribution < -0.4 is 10.1 Å². The second kappa shape index (κ2) is 7.21. The smallest absolute Gasteiger partial charge is 0.255 e. The van der Waals surface area contributed by atoms with Gasteiger partial charge in [-0.15, -0.1) is 0 Å². The minimum absolute atomic E-state index is 0.0533. The number of rotatable bonds is 4. The van der Waals surface area contributed by atoms with Gasteiger partial charge in [-0.05, 0) is 45.6 Å². The van der Waals surface area contributed by atoms with Crippen molar-refractivity contribution < 1.29 is 9.53 Å². The molecule has 0 aliphatic heterocycles. The van der Waals surface area contributed by atoms with Crippen LogP contribution in [-0.4, -0.2) is 33.2 Å². The van der Waals surface area contributed by atoms with Crippen molar-refractivity contribution in [1.29, 1.82) is 0 Å². The van der Waals surface area contributed by atoms with Crippen molar-refractivity contribution in [3.05, 3.63) is 40.3 Å². The normalized spacial score (nSPS) is 20.6. The number of H-pyrrole nitrogens is 1. The first-order chi connectivity index (χ1) is 11.5. The van der Waals surface area contributed by atoms with Crippen molar-refractivity contribution in [2.45, 2.75) is 51.7 Å². The monoisotopic (exact) mass is 348 g/mol. The highest BCUT2D eigenvalue weighted by atomic mass is 35.5. The van der Waals surface area contributed by atoms with Crippen LogP contribution in [0.1, 0.15) is 47.4 Å². The molecule has 0 atom stereocenters. The molecule has 2 aromatic heterocycles. The van der Waals surface area contributed by atoms with Crippen molar-refractivity contribution in [1.82, 2.24) is 20.5 Å². The summed E-state index contributed by atoms with van der Waals surface area (Å²) in [5, 5.41) is 10.6. The van der Waals surface area contributed by atoms with Gasteiger partial charge in [0.05, 0.1) is 16.3 Å². The zero-order chi connectivity index (χ0) is 17.1. The number of nitrogens with one attached hydrogen (secondary N) is 2. The molecule has 1 amide bonds. The Hall–Kier alpha value is -2.08. The van der Waals surface area contributed by atoms with Gasteiger partial charge >= 0.3 is 0 Å². The van der Waals surface area contributed by atoms with E-state index >= 15 is 0 Å². The lowest BCUT2D eigenvalue weighted by atomic mass is 9.92. The highest BCUT2D eigenvalue weighted by Gasteiger charge is 2.25. The van der Waals surface area contributed by atoms with Crippen molar-refractivity contribution >= 4 is 17.5 Å². The first kappa shape index (κ1) is 16.8. The minimum atomic E-state index is -0.0533. The van der Waals surface area contributed by atoms with Crippen molar-refractivity contribution in [3.63, 3.8) is 0 Å². The summed E-state index contributed by atoms with van der Waals surface area (Å²) in [4.78, 5) is 16.6. The number of ether oxygens (including phenoxy) is 1. The molecule has 2 heterocycles. The Kier molecular flexibility index (Phi) is 5.04. The Labute approximate surface area is 146 Å². The van der Waals surface area contributed by atoms with Gasteiger partial charge < -0.3 is 10.1 Å². The van der Waals surface area contributed by atoms with Gasteiger partial charge in [0.25, 0.3) is 5.91 Å². The molecule has 128 valence electrons. The SMILES string of the molecule is Cc1n[nH]c(C)c1C(=O)NC1CCC(Oc2ccc(Cl)cn2)CC1. The molecule has 6 nitrogen and oxygen atoms in total. The third kappa shape index (κ3) is 3.87. The summed E-state index contributed by atoms with van der Waals surface area (Å²) in [6.07, 6.45) is 5.26. The molecule has 3 rings (SSSR count). The molecule has 1 fully saturated rings. The number of hydrogen-bond acceptors (Lipinski definition) is 4. The number of carbonyl (C=O) groups excluding carboxylic acids is 1. The molecule has 7 heteroatoms. The van der Waals surface area contributed by atoms with E-state index in [0.29, 0.717) is 16.5 Å². The van der Waals surface area contributed by atoms with E-state index in [9.17, 15) is 4.79 Å². The van der Waals surface area contributed by atoms with E-state index in [1.165, 1.54) is 0 Å². The third-order valence-corrected chi connectivity index (χ3v) is 4.58. The highest BCUT2D eigenvalue weighted by molar-refractivity contribution is 6.30. The second-order valence-corrected chi connectivity index (χ2v) is 6.63. The van der Waals surface area contributed by atoms with E-state index in [1.54, 1.807) is 18.3 Å². The molecule has 0 radical (unpaired) electrons. The molecule has 1 saturated carbocycles. The maximum atomic E-state index is 12.4. The average molecular weight is 349 g/mol. The molecular formula is C17H21ClN4O2. The molecule has 0 bridgehead atoms. The van der Waals surface area contributed by atoms with Gasteiger partial charge in [0.1, 0.15) is 6.10 Å². The molecule has 0 spiro atoms. The van der Waals surface area contributed by atoms with E-state index in [0.717, 1.165) is 37.1 Å². The predicted octanol–water partition coefficient (Wildman–Crippen LogP) is 3.19. The third-order valence-electron chi connectivity index (χ3n) is 4.35. The molecule has 2 aromatic rings. The fraction of sp³-hybridized carbons (Fsp3) is 0.471. The predicted molar refractivity (Wildman–Crippen MR) is 91.4 cm³/mol. The Bertz CT molecular complexity index is 686. The Balaban J connectivity index is 1.50. The summed E-state index contributed by atoms with van der Waals surface area (Å²) < 4.78 is 5.88. The number of halogens is 1. The fourth-order valence-electron chi connectivity index (χ4n) is 3.07. The van der Waals surface area contributed by atoms with Gasteiger partial charge in [-0.2, -0.15) is 5.10 Å². The lowest BCUT2D eigenvalue weighted by Gasteiger charge is -2.29. The van der Waals surface area contributed by atoms with E-state index < -0.39 is 0 Å². The maximum absolute atomic E-state index is 12.4. The summed E-state index contributed by atoms with van der Waals surface area (Å²) in [6, 6.07) is 3.72. The number of carbonyl (C=O) groups is 1. The van der Waals surface area contributed by atoms with E-state index in [-0.39, 0.29) is 18.1 Å². The Morgan fingerprint density at radius 1 is 1.29 bits per heavy atom. The van der Waals surface area contributed by atoms with Gasteiger partial charge in [0, 0.05) is 24.0 Å². The van der Waals surface area contributed by atoms with Crippen LogP contribution in [0.4, 0.5) is 0 Å². The van der Waals surface area contributed by atoms with Crippen molar-refractivity contribution in [2.24, 2.45) is 0 Å². The molecule has 0 unspecified atom stereocenters. The molecule has 0 aromatic carbocycles. The van der Waals surface area contributed by atoms with Crippen LogP contribution in [-0.2, 0) is 0 Å². The number of aromatic nitrogens is 3. The van der Waals surface area contributed by atoms with E-state index in [1.807, 2.05) is 13.8 Å². The molecule has 1 aliphatic rings. The van der Waals surface area contributed by atoms with Crippen LogP contribution in [0, 0.1) is 13.8 Å². The number of amides is 1. The minimum Gasteiger partial charge on any atom is -0.474 e. The van der Waals surface area contributed by atoms with Gasteiger partial charge in [-0.1, -0.05) is 11.6 Å². The van der Waals surface area contributed by atoms with Gasteiger partial charge in [0.2, 0.25) is 5.88 Å². The number of aryl methyl sites for hydroxylation is 2. The van der Waals surface area contributed by atoms with Crippen molar-refractivity contribution in [2.75, 3.05) is 0 Å². The standard InChI is InChI=1S/C17H21ClN4O2/c1-10-16(11(2)22-21-10)17(23)20-13-4-6-14(7-5-13)24-15-8-3-12(18)9-19-15/h3,8-9,13-14H,4-7H2,1-2H3,(H,20,23)(H,21,22). The summed E-state index contributed by atoms with van der Waals surface area (Å²) in [6.45, 7) is 3.70. The van der Waals surface area contributed by atoms with Crippen LogP contribution in [0.25, 0.3) is 0 Å². The van der Waals surface area contributed by atoms with Gasteiger partial charge in [-0.3, -0.25) is 9.89 Å². The average Bonchev–Trinajstić information content (AvgIpc) is 2.90. The topological polar surface area (TPSA) is 79.9 Å². The first-order valence-electron chi connectivity index (χ1n) is 8.13. The summed E-state index contributed by atoms with van der Waals surface area (Å²) in [7, 11) is 0. The molecule has 0 saturated heterocycles. The van der Waals surface area contributed by atoms with Crippen LogP contribution in [0.3, 0.4) is 0 Å². The summed E-state index contributed by atoms with van der Waals surface area (Å²) >= 11 is 5.82.